The predicted molar refractivity (Wildman–Crippen MR) is 149 cm³/mol. The minimum absolute atomic E-state index is 0. The first kappa shape index (κ1) is 31.6. The second-order valence-electron chi connectivity index (χ2n) is 9.19. The summed E-state index contributed by atoms with van der Waals surface area (Å²) in [6, 6.07) is 12.1. The molecule has 0 aliphatic heterocycles. The number of nitrogens with zero attached hydrogens (tertiary/aromatic N) is 1. The number of rotatable bonds is 8. The van der Waals surface area contributed by atoms with E-state index in [0.717, 1.165) is 34.4 Å². The number of halogens is 2. The maximum Gasteiger partial charge on any atom is 0.335 e. The van der Waals surface area contributed by atoms with Gasteiger partial charge in [-0.15, -0.1) is 24.8 Å². The van der Waals surface area contributed by atoms with Crippen molar-refractivity contribution < 1.29 is 18.3 Å². The SMILES string of the molecule is Cc1ccc(-c2c(CS(=O)(=O)c3ccc(C(=O)O)c(C)c3)c(C)nc(CC(C)C)c2CN)cc1.Cl.Cl. The molecule has 0 atom stereocenters. The van der Waals surface area contributed by atoms with Crippen LogP contribution in [0.3, 0.4) is 0 Å². The Balaban J connectivity index is 0.00000324. The van der Waals surface area contributed by atoms with Gasteiger partial charge in [0.2, 0.25) is 0 Å². The fraction of sp³-hybridized carbons (Fsp3) is 0.333. The van der Waals surface area contributed by atoms with Crippen molar-refractivity contribution >= 4 is 40.6 Å². The number of hydrogen-bond donors (Lipinski definition) is 2. The molecule has 1 heterocycles. The summed E-state index contributed by atoms with van der Waals surface area (Å²) in [5, 5.41) is 9.29. The molecule has 0 unspecified atom stereocenters. The summed E-state index contributed by atoms with van der Waals surface area (Å²) >= 11 is 0. The van der Waals surface area contributed by atoms with Crippen molar-refractivity contribution in [2.24, 2.45) is 11.7 Å². The van der Waals surface area contributed by atoms with E-state index < -0.39 is 15.8 Å². The predicted octanol–water partition coefficient (Wildman–Crippen LogP) is 5.85. The van der Waals surface area contributed by atoms with E-state index in [1.807, 2.05) is 38.1 Å². The fourth-order valence-corrected chi connectivity index (χ4v) is 5.74. The lowest BCUT2D eigenvalue weighted by atomic mass is 9.90. The van der Waals surface area contributed by atoms with Crippen LogP contribution in [0.1, 0.15) is 57.8 Å². The molecule has 0 saturated heterocycles. The average molecular weight is 554 g/mol. The molecule has 36 heavy (non-hydrogen) atoms. The Labute approximate surface area is 226 Å². The zero-order valence-electron chi connectivity index (χ0n) is 21.2. The van der Waals surface area contributed by atoms with Gasteiger partial charge in [0.25, 0.3) is 0 Å². The zero-order chi connectivity index (χ0) is 25.2. The van der Waals surface area contributed by atoms with Crippen LogP contribution in [0.4, 0.5) is 0 Å². The Morgan fingerprint density at radius 2 is 1.61 bits per heavy atom. The van der Waals surface area contributed by atoms with Crippen molar-refractivity contribution in [2.75, 3.05) is 0 Å². The Morgan fingerprint density at radius 1 is 1.00 bits per heavy atom. The Morgan fingerprint density at radius 3 is 2.11 bits per heavy atom. The highest BCUT2D eigenvalue weighted by atomic mass is 35.5. The average Bonchev–Trinajstić information content (AvgIpc) is 2.75. The van der Waals surface area contributed by atoms with E-state index in [1.165, 1.54) is 18.2 Å². The van der Waals surface area contributed by atoms with Crippen LogP contribution in [-0.4, -0.2) is 24.5 Å². The van der Waals surface area contributed by atoms with Crippen molar-refractivity contribution in [3.05, 3.63) is 81.7 Å². The van der Waals surface area contributed by atoms with E-state index >= 15 is 0 Å². The lowest BCUT2D eigenvalue weighted by molar-refractivity contribution is 0.0696. The van der Waals surface area contributed by atoms with Crippen molar-refractivity contribution in [1.82, 2.24) is 4.98 Å². The van der Waals surface area contributed by atoms with Gasteiger partial charge in [0.1, 0.15) is 0 Å². The van der Waals surface area contributed by atoms with Gasteiger partial charge in [0, 0.05) is 17.9 Å². The highest BCUT2D eigenvalue weighted by Crippen LogP contribution is 2.35. The molecule has 9 heteroatoms. The summed E-state index contributed by atoms with van der Waals surface area (Å²) < 4.78 is 27.0. The first-order valence-electron chi connectivity index (χ1n) is 11.3. The van der Waals surface area contributed by atoms with Gasteiger partial charge in [-0.05, 0) is 79.1 Å². The summed E-state index contributed by atoms with van der Waals surface area (Å²) in [4.78, 5) is 16.2. The van der Waals surface area contributed by atoms with Gasteiger partial charge in [0.15, 0.2) is 9.84 Å². The molecule has 0 aliphatic rings. The number of sulfone groups is 1. The third-order valence-corrected chi connectivity index (χ3v) is 7.60. The molecule has 0 amide bonds. The molecular weight excluding hydrogens is 519 g/mol. The minimum Gasteiger partial charge on any atom is -0.478 e. The fourth-order valence-electron chi connectivity index (χ4n) is 4.21. The number of nitrogens with two attached hydrogens (primary N) is 1. The van der Waals surface area contributed by atoms with Gasteiger partial charge in [0.05, 0.1) is 16.2 Å². The lowest BCUT2D eigenvalue weighted by Gasteiger charge is -2.21. The molecule has 0 radical (unpaired) electrons. The molecule has 0 aliphatic carbocycles. The second kappa shape index (κ2) is 12.7. The minimum atomic E-state index is -3.77. The monoisotopic (exact) mass is 552 g/mol. The molecular formula is C27H34Cl2N2O4S. The molecule has 3 rings (SSSR count). The first-order valence-corrected chi connectivity index (χ1v) is 12.9. The number of hydrogen-bond acceptors (Lipinski definition) is 5. The second-order valence-corrected chi connectivity index (χ2v) is 11.2. The molecule has 2 aromatic carbocycles. The molecule has 1 aromatic heterocycles. The highest BCUT2D eigenvalue weighted by molar-refractivity contribution is 7.90. The van der Waals surface area contributed by atoms with Crippen molar-refractivity contribution in [2.45, 2.75) is 58.2 Å². The van der Waals surface area contributed by atoms with E-state index in [9.17, 15) is 18.3 Å². The first-order chi connectivity index (χ1) is 15.9. The van der Waals surface area contributed by atoms with E-state index in [0.29, 0.717) is 22.7 Å². The highest BCUT2D eigenvalue weighted by Gasteiger charge is 2.25. The van der Waals surface area contributed by atoms with Gasteiger partial charge >= 0.3 is 5.97 Å². The van der Waals surface area contributed by atoms with Gasteiger partial charge in [-0.3, -0.25) is 4.98 Å². The molecule has 3 aromatic rings. The van der Waals surface area contributed by atoms with Gasteiger partial charge in [-0.1, -0.05) is 43.7 Å². The largest absolute Gasteiger partial charge is 0.478 e. The van der Waals surface area contributed by atoms with Gasteiger partial charge in [-0.2, -0.15) is 0 Å². The molecule has 3 N–H and O–H groups in total. The van der Waals surface area contributed by atoms with Crippen LogP contribution in [0, 0.1) is 26.7 Å². The number of carboxylic acid groups (broad SMARTS) is 1. The Bertz CT molecular complexity index is 1340. The molecule has 0 fully saturated rings. The summed E-state index contributed by atoms with van der Waals surface area (Å²) in [6.45, 7) is 9.92. The van der Waals surface area contributed by atoms with Gasteiger partial charge < -0.3 is 10.8 Å². The number of carbonyl (C=O) groups is 1. The molecule has 0 bridgehead atoms. The summed E-state index contributed by atoms with van der Waals surface area (Å²) in [5.41, 5.74) is 12.6. The van der Waals surface area contributed by atoms with Crippen molar-refractivity contribution in [1.29, 1.82) is 0 Å². The Hall–Kier alpha value is -2.45. The standard InChI is InChI=1S/C27H32N2O4S.2ClH/c1-16(2)12-25-23(14-28)26(20-8-6-17(3)7-9-20)24(19(5)29-25)15-34(32,33)21-10-11-22(27(30)31)18(4)13-21;;/h6-11,13,16H,12,14-15,28H2,1-5H3,(H,30,31);2*1H. The van der Waals surface area contributed by atoms with Crippen LogP contribution >= 0.6 is 24.8 Å². The summed E-state index contributed by atoms with van der Waals surface area (Å²) in [6.07, 6.45) is 0.745. The number of aromatic carboxylic acids is 1. The van der Waals surface area contributed by atoms with E-state index in [-0.39, 0.29) is 47.6 Å². The number of pyridine rings is 1. The van der Waals surface area contributed by atoms with Crippen LogP contribution in [0.25, 0.3) is 11.1 Å². The van der Waals surface area contributed by atoms with Crippen molar-refractivity contribution in [3.63, 3.8) is 0 Å². The van der Waals surface area contributed by atoms with E-state index in [1.54, 1.807) is 6.92 Å². The molecule has 0 saturated carbocycles. The number of aryl methyl sites for hydroxylation is 3. The smallest absolute Gasteiger partial charge is 0.335 e. The molecule has 196 valence electrons. The van der Waals surface area contributed by atoms with Crippen LogP contribution in [0.15, 0.2) is 47.4 Å². The number of benzene rings is 2. The van der Waals surface area contributed by atoms with Crippen molar-refractivity contribution in [3.8, 4) is 11.1 Å². The third kappa shape index (κ3) is 6.85. The topological polar surface area (TPSA) is 110 Å². The van der Waals surface area contributed by atoms with Gasteiger partial charge in [-0.25, -0.2) is 13.2 Å². The molecule has 6 nitrogen and oxygen atoms in total. The lowest BCUT2D eigenvalue weighted by Crippen LogP contribution is -2.16. The number of aromatic nitrogens is 1. The Kier molecular flexibility index (Phi) is 11.1. The summed E-state index contributed by atoms with van der Waals surface area (Å²) in [5.74, 6) is -0.972. The third-order valence-electron chi connectivity index (χ3n) is 5.96. The molecule has 0 spiro atoms. The maximum absolute atomic E-state index is 13.5. The zero-order valence-corrected chi connectivity index (χ0v) is 23.6. The van der Waals surface area contributed by atoms with Crippen LogP contribution in [-0.2, 0) is 28.6 Å². The van der Waals surface area contributed by atoms with Crippen LogP contribution in [0.5, 0.6) is 0 Å². The maximum atomic E-state index is 13.5. The number of carboxylic acids is 1. The van der Waals surface area contributed by atoms with Crippen LogP contribution < -0.4 is 5.73 Å². The van der Waals surface area contributed by atoms with E-state index in [4.69, 9.17) is 10.7 Å². The quantitative estimate of drug-likeness (QED) is 0.362. The van der Waals surface area contributed by atoms with E-state index in [2.05, 4.69) is 13.8 Å². The normalized spacial score (nSPS) is 11.1. The summed E-state index contributed by atoms with van der Waals surface area (Å²) in [7, 11) is -3.77. The van der Waals surface area contributed by atoms with Crippen LogP contribution in [0.2, 0.25) is 0 Å².